The number of piperazine rings is 1. The van der Waals surface area contributed by atoms with Crippen molar-refractivity contribution in [2.75, 3.05) is 37.6 Å². The highest BCUT2D eigenvalue weighted by Crippen LogP contribution is 2.26. The number of phenols is 1. The number of amides is 3. The van der Waals surface area contributed by atoms with E-state index in [-0.39, 0.29) is 40.7 Å². The standard InChI is InChI=1S/C35H35ClN4O6/c36-25-10-8-23(9-11-25)19-28(37-34(44)32-21-30(42)27-13-12-26(41)20-31(27)46-32)35(45)39-17-15-38(16-18-39)29-6-2-1-5-24(29)22-40-14-4-3-7-33(40)43/h1-2,5-6,8-13,20-21,28,41H,3-4,7,14-19,22H2,(H,37,44)/t28-/m1/s1. The van der Waals surface area contributed by atoms with Crippen LogP contribution < -0.4 is 15.6 Å². The molecule has 46 heavy (non-hydrogen) atoms. The van der Waals surface area contributed by atoms with Crippen molar-refractivity contribution in [3.8, 4) is 5.75 Å². The highest BCUT2D eigenvalue weighted by molar-refractivity contribution is 6.30. The molecule has 0 radical (unpaired) electrons. The summed E-state index contributed by atoms with van der Waals surface area (Å²) in [5, 5.41) is 13.4. The topological polar surface area (TPSA) is 123 Å². The fourth-order valence-electron chi connectivity index (χ4n) is 6.12. The molecule has 1 atom stereocenters. The Hall–Kier alpha value is -4.83. The number of hydrogen-bond donors (Lipinski definition) is 2. The predicted molar refractivity (Wildman–Crippen MR) is 175 cm³/mol. The lowest BCUT2D eigenvalue weighted by Gasteiger charge is -2.39. The number of phenolic OH excluding ortho intramolecular Hbond substituents is 1. The third kappa shape index (κ3) is 7.02. The molecule has 4 aromatic rings. The summed E-state index contributed by atoms with van der Waals surface area (Å²) in [5.41, 5.74) is 2.56. The summed E-state index contributed by atoms with van der Waals surface area (Å²) in [6.07, 6.45) is 2.74. The van der Waals surface area contributed by atoms with Crippen LogP contribution in [0.3, 0.4) is 0 Å². The molecule has 2 aliphatic heterocycles. The average Bonchev–Trinajstić information content (AvgIpc) is 3.06. The highest BCUT2D eigenvalue weighted by Gasteiger charge is 2.31. The number of piperidine rings is 1. The van der Waals surface area contributed by atoms with E-state index in [2.05, 4.69) is 22.3 Å². The SMILES string of the molecule is O=C(N[C@H](Cc1ccc(Cl)cc1)C(=O)N1CCN(c2ccccc2CN2CCCCC2=O)CC1)c1cc(=O)c2ccc(O)cc2o1. The lowest BCUT2D eigenvalue weighted by molar-refractivity contribution is -0.134. The third-order valence-corrected chi connectivity index (χ3v) is 8.85. The minimum absolute atomic E-state index is 0.0688. The molecule has 3 heterocycles. The quantitative estimate of drug-likeness (QED) is 0.293. The maximum absolute atomic E-state index is 14.0. The van der Waals surface area contributed by atoms with Crippen LogP contribution in [-0.2, 0) is 22.6 Å². The van der Waals surface area contributed by atoms with Gasteiger partial charge in [0, 0.05) is 75.0 Å². The van der Waals surface area contributed by atoms with Gasteiger partial charge < -0.3 is 29.5 Å². The van der Waals surface area contributed by atoms with Crippen LogP contribution in [0.2, 0.25) is 5.02 Å². The van der Waals surface area contributed by atoms with Gasteiger partial charge in [-0.05, 0) is 54.3 Å². The first-order valence-corrected chi connectivity index (χ1v) is 15.8. The van der Waals surface area contributed by atoms with Crippen LogP contribution in [0.1, 0.15) is 40.9 Å². The molecule has 2 saturated heterocycles. The second-order valence-electron chi connectivity index (χ2n) is 11.7. The molecule has 10 nitrogen and oxygen atoms in total. The van der Waals surface area contributed by atoms with Crippen molar-refractivity contribution < 1.29 is 23.9 Å². The number of anilines is 1. The average molecular weight is 643 g/mol. The molecule has 0 spiro atoms. The molecular formula is C35H35ClN4O6. The van der Waals surface area contributed by atoms with Crippen molar-refractivity contribution >= 4 is 46.0 Å². The number of aromatic hydroxyl groups is 1. The molecule has 3 aromatic carbocycles. The zero-order chi connectivity index (χ0) is 32.2. The zero-order valence-corrected chi connectivity index (χ0v) is 26.0. The Morgan fingerprint density at radius 3 is 2.43 bits per heavy atom. The van der Waals surface area contributed by atoms with Gasteiger partial charge in [0.2, 0.25) is 11.8 Å². The molecule has 3 amide bonds. The van der Waals surface area contributed by atoms with Crippen LogP contribution in [0, 0.1) is 0 Å². The number of carbonyl (C=O) groups is 3. The lowest BCUT2D eigenvalue weighted by Crippen LogP contribution is -2.55. The number of benzene rings is 3. The number of carbonyl (C=O) groups excluding carboxylic acids is 3. The summed E-state index contributed by atoms with van der Waals surface area (Å²) >= 11 is 6.08. The lowest BCUT2D eigenvalue weighted by atomic mass is 10.0. The molecule has 1 aromatic heterocycles. The summed E-state index contributed by atoms with van der Waals surface area (Å²) in [4.78, 5) is 58.4. The van der Waals surface area contributed by atoms with Gasteiger partial charge in [0.25, 0.3) is 5.91 Å². The van der Waals surface area contributed by atoms with E-state index < -0.39 is 17.4 Å². The van der Waals surface area contributed by atoms with Crippen LogP contribution in [0.25, 0.3) is 11.0 Å². The van der Waals surface area contributed by atoms with E-state index in [1.807, 2.05) is 17.0 Å². The fraction of sp³-hybridized carbons (Fsp3) is 0.314. The Bertz CT molecular complexity index is 1820. The summed E-state index contributed by atoms with van der Waals surface area (Å²) in [6.45, 7) is 3.37. The number of halogens is 1. The van der Waals surface area contributed by atoms with Gasteiger partial charge in [-0.3, -0.25) is 19.2 Å². The number of fused-ring (bicyclic) bond motifs is 1. The molecule has 11 heteroatoms. The number of nitrogens with one attached hydrogen (secondary N) is 1. The molecule has 0 bridgehead atoms. The minimum Gasteiger partial charge on any atom is -0.508 e. The van der Waals surface area contributed by atoms with E-state index >= 15 is 0 Å². The van der Waals surface area contributed by atoms with E-state index in [0.717, 1.165) is 42.3 Å². The van der Waals surface area contributed by atoms with Gasteiger partial charge in [0.05, 0.1) is 5.39 Å². The summed E-state index contributed by atoms with van der Waals surface area (Å²) < 4.78 is 5.67. The van der Waals surface area contributed by atoms with Crippen molar-refractivity contribution in [3.63, 3.8) is 0 Å². The summed E-state index contributed by atoms with van der Waals surface area (Å²) in [7, 11) is 0. The van der Waals surface area contributed by atoms with Crippen LogP contribution in [0.4, 0.5) is 5.69 Å². The Kier molecular flexibility index (Phi) is 9.25. The predicted octanol–water partition coefficient (Wildman–Crippen LogP) is 4.35. The maximum atomic E-state index is 14.0. The highest BCUT2D eigenvalue weighted by atomic mass is 35.5. The van der Waals surface area contributed by atoms with Crippen molar-refractivity contribution in [3.05, 3.63) is 105 Å². The molecule has 2 aliphatic rings. The third-order valence-electron chi connectivity index (χ3n) is 8.60. The van der Waals surface area contributed by atoms with Gasteiger partial charge in [-0.25, -0.2) is 0 Å². The first kappa shape index (κ1) is 31.2. The van der Waals surface area contributed by atoms with Crippen LogP contribution in [0.5, 0.6) is 5.75 Å². The summed E-state index contributed by atoms with van der Waals surface area (Å²) in [6, 6.07) is 19.3. The van der Waals surface area contributed by atoms with E-state index in [1.54, 1.807) is 29.2 Å². The monoisotopic (exact) mass is 642 g/mol. The molecule has 0 aliphatic carbocycles. The second-order valence-corrected chi connectivity index (χ2v) is 12.2. The van der Waals surface area contributed by atoms with E-state index in [9.17, 15) is 24.3 Å². The zero-order valence-electron chi connectivity index (χ0n) is 25.3. The Morgan fingerprint density at radius 2 is 1.67 bits per heavy atom. The van der Waals surface area contributed by atoms with E-state index in [0.29, 0.717) is 44.2 Å². The van der Waals surface area contributed by atoms with Crippen molar-refractivity contribution in [2.24, 2.45) is 0 Å². The normalized spacial score (nSPS) is 16.0. The van der Waals surface area contributed by atoms with E-state index in [1.165, 1.54) is 18.2 Å². The molecule has 238 valence electrons. The van der Waals surface area contributed by atoms with Gasteiger partial charge in [-0.1, -0.05) is 41.9 Å². The van der Waals surface area contributed by atoms with E-state index in [4.69, 9.17) is 16.0 Å². The second kappa shape index (κ2) is 13.7. The molecule has 2 N–H and O–H groups in total. The van der Waals surface area contributed by atoms with Gasteiger partial charge >= 0.3 is 0 Å². The van der Waals surface area contributed by atoms with Gasteiger partial charge in [0.15, 0.2) is 11.2 Å². The molecular weight excluding hydrogens is 608 g/mol. The van der Waals surface area contributed by atoms with Crippen molar-refractivity contribution in [2.45, 2.75) is 38.3 Å². The van der Waals surface area contributed by atoms with Crippen molar-refractivity contribution in [1.29, 1.82) is 0 Å². The van der Waals surface area contributed by atoms with Gasteiger partial charge in [0.1, 0.15) is 17.4 Å². The number of rotatable bonds is 8. The summed E-state index contributed by atoms with van der Waals surface area (Å²) in [5.74, 6) is -1.15. The molecule has 0 unspecified atom stereocenters. The van der Waals surface area contributed by atoms with Gasteiger partial charge in [-0.2, -0.15) is 0 Å². The van der Waals surface area contributed by atoms with Gasteiger partial charge in [-0.15, -0.1) is 0 Å². The smallest absolute Gasteiger partial charge is 0.287 e. The first-order valence-electron chi connectivity index (χ1n) is 15.5. The largest absolute Gasteiger partial charge is 0.508 e. The van der Waals surface area contributed by atoms with Crippen LogP contribution >= 0.6 is 11.6 Å². The Balaban J connectivity index is 1.18. The Morgan fingerprint density at radius 1 is 0.913 bits per heavy atom. The minimum atomic E-state index is -0.942. The first-order chi connectivity index (χ1) is 22.2. The fourth-order valence-corrected chi connectivity index (χ4v) is 6.24. The number of para-hydroxylation sites is 1. The molecule has 0 saturated carbocycles. The number of likely N-dealkylation sites (tertiary alicyclic amines) is 1. The van der Waals surface area contributed by atoms with Crippen LogP contribution in [-0.4, -0.2) is 71.4 Å². The molecule has 6 rings (SSSR count). The number of hydrogen-bond acceptors (Lipinski definition) is 7. The maximum Gasteiger partial charge on any atom is 0.287 e. The van der Waals surface area contributed by atoms with Crippen LogP contribution in [0.15, 0.2) is 82.0 Å². The molecule has 2 fully saturated rings. The van der Waals surface area contributed by atoms with Crippen molar-refractivity contribution in [1.82, 2.24) is 15.1 Å². The number of nitrogens with zero attached hydrogens (tertiary/aromatic N) is 3. The Labute approximate surface area is 271 Å².